The zero-order valence-corrected chi connectivity index (χ0v) is 18.1. The maximum atomic E-state index is 14.1. The van der Waals surface area contributed by atoms with Crippen LogP contribution in [0.4, 0.5) is 4.39 Å². The standard InChI is InChI=1S/C21H28FNO11/c1-9(25)23-13-18(34-21-16(28)15(27)12(22)17(33-21)19(29)30)14(26)11(7-24)32-20(13)31-8-10-5-3-2-4-6-10/h2-6,11-18,20-21,24,26-28H,7-8H2,1H3,(H,23,25)(H,29,30)/t11-,12+,13-,14+,15+,16-,17+,18-,20-,21+/m1/s1. The molecule has 0 saturated carbocycles. The van der Waals surface area contributed by atoms with E-state index in [0.29, 0.717) is 0 Å². The molecule has 34 heavy (non-hydrogen) atoms. The predicted molar refractivity (Wildman–Crippen MR) is 109 cm³/mol. The van der Waals surface area contributed by atoms with Gasteiger partial charge in [-0.15, -0.1) is 0 Å². The normalized spacial score (nSPS) is 38.3. The van der Waals surface area contributed by atoms with Crippen molar-refractivity contribution >= 4 is 11.9 Å². The maximum absolute atomic E-state index is 14.1. The van der Waals surface area contributed by atoms with Gasteiger partial charge in [-0.1, -0.05) is 30.3 Å². The summed E-state index contributed by atoms with van der Waals surface area (Å²) in [7, 11) is 0. The Balaban J connectivity index is 1.85. The molecule has 1 aromatic carbocycles. The van der Waals surface area contributed by atoms with Gasteiger partial charge in [0, 0.05) is 6.92 Å². The van der Waals surface area contributed by atoms with E-state index in [2.05, 4.69) is 5.32 Å². The van der Waals surface area contributed by atoms with E-state index in [0.717, 1.165) is 5.56 Å². The number of carbonyl (C=O) groups is 2. The lowest BCUT2D eigenvalue weighted by atomic mass is 9.95. The van der Waals surface area contributed by atoms with E-state index in [-0.39, 0.29) is 6.61 Å². The van der Waals surface area contributed by atoms with Crippen LogP contribution in [-0.4, -0.2) is 105 Å². The summed E-state index contributed by atoms with van der Waals surface area (Å²) in [5.41, 5.74) is 0.754. The molecule has 2 fully saturated rings. The molecule has 6 N–H and O–H groups in total. The summed E-state index contributed by atoms with van der Waals surface area (Å²) in [6.45, 7) is 0.522. The van der Waals surface area contributed by atoms with Gasteiger partial charge >= 0.3 is 5.97 Å². The molecule has 13 heteroatoms. The molecule has 0 aromatic heterocycles. The zero-order valence-electron chi connectivity index (χ0n) is 18.1. The monoisotopic (exact) mass is 489 g/mol. The number of hydrogen-bond donors (Lipinski definition) is 6. The molecular weight excluding hydrogens is 461 g/mol. The second-order valence-corrected chi connectivity index (χ2v) is 8.03. The number of benzene rings is 1. The summed E-state index contributed by atoms with van der Waals surface area (Å²) in [4.78, 5) is 23.2. The largest absolute Gasteiger partial charge is 0.479 e. The van der Waals surface area contributed by atoms with Gasteiger partial charge in [0.1, 0.15) is 36.6 Å². The van der Waals surface area contributed by atoms with Gasteiger partial charge in [0.25, 0.3) is 0 Å². The maximum Gasteiger partial charge on any atom is 0.336 e. The summed E-state index contributed by atoms with van der Waals surface area (Å²) < 4.78 is 36.1. The highest BCUT2D eigenvalue weighted by Crippen LogP contribution is 2.31. The van der Waals surface area contributed by atoms with Crippen LogP contribution < -0.4 is 5.32 Å². The summed E-state index contributed by atoms with van der Waals surface area (Å²) in [6, 6.07) is 7.69. The molecule has 0 aliphatic carbocycles. The third kappa shape index (κ3) is 5.87. The minimum absolute atomic E-state index is 0.0223. The summed E-state index contributed by atoms with van der Waals surface area (Å²) in [5.74, 6) is -2.31. The van der Waals surface area contributed by atoms with E-state index in [4.69, 9.17) is 24.1 Å². The van der Waals surface area contributed by atoms with Gasteiger partial charge in [-0.05, 0) is 5.56 Å². The van der Waals surface area contributed by atoms with Gasteiger partial charge in [0.2, 0.25) is 5.91 Å². The van der Waals surface area contributed by atoms with Gasteiger partial charge in [-0.2, -0.15) is 0 Å². The fourth-order valence-corrected chi connectivity index (χ4v) is 3.80. The van der Waals surface area contributed by atoms with Gasteiger partial charge in [0.05, 0.1) is 13.2 Å². The highest BCUT2D eigenvalue weighted by atomic mass is 19.1. The Morgan fingerprint density at radius 2 is 1.74 bits per heavy atom. The van der Waals surface area contributed by atoms with Crippen LogP contribution in [0.3, 0.4) is 0 Å². The molecule has 1 amide bonds. The molecule has 1 aromatic rings. The fraction of sp³-hybridized carbons (Fsp3) is 0.619. The number of hydrogen-bond acceptors (Lipinski definition) is 10. The topological polar surface area (TPSA) is 184 Å². The van der Waals surface area contributed by atoms with E-state index in [1.807, 2.05) is 0 Å². The Labute approximate surface area is 193 Å². The number of amides is 1. The van der Waals surface area contributed by atoms with Crippen LogP contribution in [0.1, 0.15) is 12.5 Å². The van der Waals surface area contributed by atoms with Crippen molar-refractivity contribution in [2.75, 3.05) is 6.61 Å². The Hall–Kier alpha value is -2.23. The molecule has 0 bridgehead atoms. The number of rotatable bonds is 8. The SMILES string of the molecule is CC(=O)N[C@H]1[C@H](OCc2ccccc2)O[C@H](CO)[C@H](O)[C@@H]1O[C@@H]1O[C@H](C(=O)O)[C@@H](F)[C@H](O)[C@H]1O. The molecule has 10 atom stereocenters. The number of nitrogens with one attached hydrogen (secondary N) is 1. The summed E-state index contributed by atoms with van der Waals surface area (Å²) in [5, 5.41) is 52.2. The minimum atomic E-state index is -2.44. The van der Waals surface area contributed by atoms with Crippen molar-refractivity contribution < 1.29 is 58.5 Å². The number of aliphatic hydroxyl groups is 4. The van der Waals surface area contributed by atoms with Crippen LogP contribution in [0, 0.1) is 0 Å². The van der Waals surface area contributed by atoms with Gasteiger partial charge in [0.15, 0.2) is 24.9 Å². The third-order valence-electron chi connectivity index (χ3n) is 5.54. The molecule has 0 unspecified atom stereocenters. The fourth-order valence-electron chi connectivity index (χ4n) is 3.80. The molecule has 12 nitrogen and oxygen atoms in total. The van der Waals surface area contributed by atoms with Crippen molar-refractivity contribution in [2.24, 2.45) is 0 Å². The highest BCUT2D eigenvalue weighted by molar-refractivity contribution is 5.73. The lowest BCUT2D eigenvalue weighted by Crippen LogP contribution is -2.68. The Morgan fingerprint density at radius 1 is 1.06 bits per heavy atom. The smallest absolute Gasteiger partial charge is 0.336 e. The second-order valence-electron chi connectivity index (χ2n) is 8.03. The van der Waals surface area contributed by atoms with E-state index in [1.54, 1.807) is 30.3 Å². The molecule has 2 saturated heterocycles. The summed E-state index contributed by atoms with van der Waals surface area (Å²) in [6.07, 6.45) is -16.3. The van der Waals surface area contributed by atoms with Crippen LogP contribution in [0.2, 0.25) is 0 Å². The van der Waals surface area contributed by atoms with E-state index < -0.39 is 79.9 Å². The lowest BCUT2D eigenvalue weighted by molar-refractivity contribution is -0.337. The van der Waals surface area contributed by atoms with Crippen LogP contribution in [0.5, 0.6) is 0 Å². The number of alkyl halides is 1. The lowest BCUT2D eigenvalue weighted by Gasteiger charge is -2.46. The average molecular weight is 489 g/mol. The quantitative estimate of drug-likeness (QED) is 0.238. The Bertz CT molecular complexity index is 830. The summed E-state index contributed by atoms with van der Waals surface area (Å²) >= 11 is 0. The molecule has 0 radical (unpaired) electrons. The van der Waals surface area contributed by atoms with Crippen LogP contribution in [-0.2, 0) is 35.1 Å². The predicted octanol–water partition coefficient (Wildman–Crippen LogP) is -1.96. The van der Waals surface area contributed by atoms with Crippen molar-refractivity contribution in [3.63, 3.8) is 0 Å². The first-order valence-corrected chi connectivity index (χ1v) is 10.5. The Morgan fingerprint density at radius 3 is 2.32 bits per heavy atom. The van der Waals surface area contributed by atoms with E-state index in [9.17, 15) is 34.4 Å². The first-order valence-electron chi connectivity index (χ1n) is 10.5. The molecule has 3 rings (SSSR count). The van der Waals surface area contributed by atoms with Crippen molar-refractivity contribution in [1.82, 2.24) is 5.32 Å². The van der Waals surface area contributed by atoms with E-state index >= 15 is 0 Å². The number of carbonyl (C=O) groups excluding carboxylic acids is 1. The Kier molecular flexibility index (Phi) is 8.89. The number of aliphatic hydroxyl groups excluding tert-OH is 4. The molecule has 0 spiro atoms. The molecule has 2 aliphatic heterocycles. The second kappa shape index (κ2) is 11.5. The van der Waals surface area contributed by atoms with Crippen LogP contribution in [0.15, 0.2) is 30.3 Å². The number of carboxylic acid groups (broad SMARTS) is 1. The first-order chi connectivity index (χ1) is 16.1. The molecular formula is C21H28FNO11. The van der Waals surface area contributed by atoms with Crippen molar-refractivity contribution in [1.29, 1.82) is 0 Å². The number of carboxylic acids is 1. The average Bonchev–Trinajstić information content (AvgIpc) is 2.80. The van der Waals surface area contributed by atoms with Crippen LogP contribution >= 0.6 is 0 Å². The molecule has 2 aliphatic rings. The third-order valence-corrected chi connectivity index (χ3v) is 5.54. The van der Waals surface area contributed by atoms with Crippen molar-refractivity contribution in [3.8, 4) is 0 Å². The molecule has 2 heterocycles. The molecule has 190 valence electrons. The van der Waals surface area contributed by atoms with E-state index in [1.165, 1.54) is 6.92 Å². The highest BCUT2D eigenvalue weighted by Gasteiger charge is 2.53. The van der Waals surface area contributed by atoms with Gasteiger partial charge in [-0.3, -0.25) is 4.79 Å². The first kappa shape index (κ1) is 26.4. The zero-order chi connectivity index (χ0) is 25.0. The van der Waals surface area contributed by atoms with Crippen molar-refractivity contribution in [2.45, 2.75) is 74.9 Å². The van der Waals surface area contributed by atoms with Crippen molar-refractivity contribution in [3.05, 3.63) is 35.9 Å². The van der Waals surface area contributed by atoms with Crippen LogP contribution in [0.25, 0.3) is 0 Å². The van der Waals surface area contributed by atoms with Gasteiger partial charge < -0.3 is 49.8 Å². The number of halogens is 1. The minimum Gasteiger partial charge on any atom is -0.479 e. The number of aliphatic carboxylic acids is 1. The van der Waals surface area contributed by atoms with Gasteiger partial charge in [-0.25, -0.2) is 9.18 Å². The number of ether oxygens (including phenoxy) is 4.